The molecule has 3 aromatic rings. The Kier molecular flexibility index (Phi) is 4.35. The molecular formula is C22H18N2OS. The number of benzene rings is 3. The van der Waals surface area contributed by atoms with Gasteiger partial charge >= 0.3 is 0 Å². The van der Waals surface area contributed by atoms with Gasteiger partial charge in [-0.25, -0.2) is 4.99 Å². The SMILES string of the molecule is Cc1ccc(C)c(N=C2NC(=O)/C(=C/c3cccc4ccccc34)S2)c1. The number of nitrogens with one attached hydrogen (secondary N) is 1. The second-order valence-electron chi connectivity index (χ2n) is 6.34. The van der Waals surface area contributed by atoms with Crippen LogP contribution >= 0.6 is 11.8 Å². The van der Waals surface area contributed by atoms with Crippen LogP contribution in [0, 0.1) is 13.8 Å². The van der Waals surface area contributed by atoms with Crippen molar-refractivity contribution in [2.75, 3.05) is 0 Å². The van der Waals surface area contributed by atoms with E-state index in [9.17, 15) is 4.79 Å². The molecular weight excluding hydrogens is 340 g/mol. The van der Waals surface area contributed by atoms with Crippen molar-refractivity contribution in [2.45, 2.75) is 13.8 Å². The first-order chi connectivity index (χ1) is 12.6. The molecule has 3 nitrogen and oxygen atoms in total. The molecule has 0 aliphatic carbocycles. The van der Waals surface area contributed by atoms with Crippen LogP contribution in [0.25, 0.3) is 16.8 Å². The topological polar surface area (TPSA) is 41.5 Å². The quantitative estimate of drug-likeness (QED) is 0.628. The average molecular weight is 358 g/mol. The first kappa shape index (κ1) is 16.6. The Morgan fingerprint density at radius 3 is 2.69 bits per heavy atom. The van der Waals surface area contributed by atoms with E-state index in [-0.39, 0.29) is 5.91 Å². The summed E-state index contributed by atoms with van der Waals surface area (Å²) < 4.78 is 0. The Balaban J connectivity index is 1.69. The minimum absolute atomic E-state index is 0.105. The van der Waals surface area contributed by atoms with Crippen LogP contribution in [0.3, 0.4) is 0 Å². The molecule has 26 heavy (non-hydrogen) atoms. The standard InChI is InChI=1S/C22H18N2OS/c1-14-10-11-15(2)19(12-14)23-22-24-21(25)20(26-22)13-17-8-5-7-16-6-3-4-9-18(16)17/h3-13H,1-2H3,(H,23,24,25)/b20-13-. The van der Waals surface area contributed by atoms with Crippen LogP contribution in [0.15, 0.2) is 70.6 Å². The van der Waals surface area contributed by atoms with Gasteiger partial charge in [0.25, 0.3) is 5.91 Å². The molecule has 3 aromatic carbocycles. The molecule has 0 spiro atoms. The highest BCUT2D eigenvalue weighted by molar-refractivity contribution is 8.18. The van der Waals surface area contributed by atoms with Crippen molar-refractivity contribution in [3.05, 3.63) is 82.3 Å². The van der Waals surface area contributed by atoms with E-state index in [0.717, 1.165) is 33.2 Å². The van der Waals surface area contributed by atoms with Crippen LogP contribution in [-0.2, 0) is 4.79 Å². The summed E-state index contributed by atoms with van der Waals surface area (Å²) in [5, 5.41) is 5.79. The third-order valence-corrected chi connectivity index (χ3v) is 5.26. The first-order valence-corrected chi connectivity index (χ1v) is 9.26. The number of aryl methyl sites for hydroxylation is 2. The van der Waals surface area contributed by atoms with Crippen molar-refractivity contribution in [1.82, 2.24) is 5.32 Å². The zero-order valence-electron chi connectivity index (χ0n) is 14.6. The van der Waals surface area contributed by atoms with E-state index in [0.29, 0.717) is 10.1 Å². The average Bonchev–Trinajstić information content (AvgIpc) is 2.98. The third-order valence-electron chi connectivity index (χ3n) is 4.35. The van der Waals surface area contributed by atoms with Crippen LogP contribution in [0.1, 0.15) is 16.7 Å². The van der Waals surface area contributed by atoms with Crippen molar-refractivity contribution in [3.63, 3.8) is 0 Å². The predicted molar refractivity (Wildman–Crippen MR) is 111 cm³/mol. The molecule has 1 amide bonds. The molecule has 1 N–H and O–H groups in total. The Labute approximate surface area is 156 Å². The molecule has 0 saturated carbocycles. The number of nitrogens with zero attached hydrogens (tertiary/aromatic N) is 1. The Morgan fingerprint density at radius 2 is 1.81 bits per heavy atom. The van der Waals surface area contributed by atoms with E-state index in [1.165, 1.54) is 11.8 Å². The van der Waals surface area contributed by atoms with Crippen LogP contribution in [0.5, 0.6) is 0 Å². The van der Waals surface area contributed by atoms with Gasteiger partial charge in [0.1, 0.15) is 0 Å². The van der Waals surface area contributed by atoms with E-state index in [1.54, 1.807) is 0 Å². The van der Waals surface area contributed by atoms with Gasteiger partial charge < -0.3 is 5.32 Å². The summed E-state index contributed by atoms with van der Waals surface area (Å²) in [6, 6.07) is 20.4. The van der Waals surface area contributed by atoms with Crippen LogP contribution in [0.2, 0.25) is 0 Å². The molecule has 1 aliphatic rings. The van der Waals surface area contributed by atoms with Gasteiger partial charge in [0.05, 0.1) is 10.6 Å². The van der Waals surface area contributed by atoms with Gasteiger partial charge in [-0.15, -0.1) is 0 Å². The number of carbonyl (C=O) groups excluding carboxylic acids is 1. The number of amides is 1. The summed E-state index contributed by atoms with van der Waals surface area (Å²) in [5.41, 5.74) is 4.16. The minimum Gasteiger partial charge on any atom is -0.300 e. The maximum atomic E-state index is 12.4. The van der Waals surface area contributed by atoms with Gasteiger partial charge in [-0.3, -0.25) is 4.79 Å². The van der Waals surface area contributed by atoms with E-state index in [4.69, 9.17) is 0 Å². The maximum absolute atomic E-state index is 12.4. The number of hydrogen-bond donors (Lipinski definition) is 1. The molecule has 1 aliphatic heterocycles. The van der Waals surface area contributed by atoms with Gasteiger partial charge in [0, 0.05) is 0 Å². The van der Waals surface area contributed by atoms with Gasteiger partial charge in [0.15, 0.2) is 5.17 Å². The van der Waals surface area contributed by atoms with Crippen molar-refractivity contribution in [3.8, 4) is 0 Å². The van der Waals surface area contributed by atoms with Crippen molar-refractivity contribution < 1.29 is 4.79 Å². The fourth-order valence-electron chi connectivity index (χ4n) is 2.95. The van der Waals surface area contributed by atoms with E-state index in [1.807, 2.05) is 56.3 Å². The second-order valence-corrected chi connectivity index (χ2v) is 7.37. The Bertz CT molecular complexity index is 1080. The fraction of sp³-hybridized carbons (Fsp3) is 0.0909. The predicted octanol–water partition coefficient (Wildman–Crippen LogP) is 5.35. The number of fused-ring (bicyclic) bond motifs is 1. The van der Waals surface area contributed by atoms with Crippen molar-refractivity contribution >= 4 is 45.4 Å². The Hall–Kier alpha value is -2.85. The highest BCUT2D eigenvalue weighted by Gasteiger charge is 2.24. The lowest BCUT2D eigenvalue weighted by molar-refractivity contribution is -0.115. The largest absolute Gasteiger partial charge is 0.300 e. The minimum atomic E-state index is -0.105. The lowest BCUT2D eigenvalue weighted by Gasteiger charge is -2.03. The summed E-state index contributed by atoms with van der Waals surface area (Å²) in [6.07, 6.45) is 1.94. The summed E-state index contributed by atoms with van der Waals surface area (Å²) in [6.45, 7) is 4.06. The van der Waals surface area contributed by atoms with E-state index >= 15 is 0 Å². The molecule has 0 atom stereocenters. The van der Waals surface area contributed by atoms with E-state index < -0.39 is 0 Å². The normalized spacial score (nSPS) is 17.2. The molecule has 1 saturated heterocycles. The lowest BCUT2D eigenvalue weighted by Crippen LogP contribution is -2.19. The number of aliphatic imine (C=N–C) groups is 1. The molecule has 4 rings (SSSR count). The zero-order chi connectivity index (χ0) is 18.1. The number of carbonyl (C=O) groups is 1. The summed E-state index contributed by atoms with van der Waals surface area (Å²) >= 11 is 1.38. The van der Waals surface area contributed by atoms with Gasteiger partial charge in [-0.2, -0.15) is 0 Å². The molecule has 0 radical (unpaired) electrons. The zero-order valence-corrected chi connectivity index (χ0v) is 15.4. The van der Waals surface area contributed by atoms with E-state index in [2.05, 4.69) is 34.6 Å². The molecule has 0 unspecified atom stereocenters. The fourth-order valence-corrected chi connectivity index (χ4v) is 3.77. The lowest BCUT2D eigenvalue weighted by atomic mass is 10.0. The van der Waals surface area contributed by atoms with Crippen molar-refractivity contribution in [1.29, 1.82) is 0 Å². The van der Waals surface area contributed by atoms with Gasteiger partial charge in [0.2, 0.25) is 0 Å². The molecule has 1 fully saturated rings. The number of thioether (sulfide) groups is 1. The number of hydrogen-bond acceptors (Lipinski definition) is 3. The van der Waals surface area contributed by atoms with Crippen LogP contribution < -0.4 is 5.32 Å². The molecule has 128 valence electrons. The van der Waals surface area contributed by atoms with Crippen LogP contribution in [-0.4, -0.2) is 11.1 Å². The highest BCUT2D eigenvalue weighted by Crippen LogP contribution is 2.31. The summed E-state index contributed by atoms with van der Waals surface area (Å²) in [7, 11) is 0. The van der Waals surface area contributed by atoms with Crippen LogP contribution in [0.4, 0.5) is 5.69 Å². The van der Waals surface area contributed by atoms with Gasteiger partial charge in [-0.05, 0) is 65.2 Å². The molecule has 1 heterocycles. The second kappa shape index (κ2) is 6.81. The highest BCUT2D eigenvalue weighted by atomic mass is 32.2. The summed E-state index contributed by atoms with van der Waals surface area (Å²) in [5.74, 6) is -0.105. The molecule has 4 heteroatoms. The smallest absolute Gasteiger partial charge is 0.264 e. The molecule has 0 aromatic heterocycles. The monoisotopic (exact) mass is 358 g/mol. The first-order valence-electron chi connectivity index (χ1n) is 8.45. The van der Waals surface area contributed by atoms with Crippen molar-refractivity contribution in [2.24, 2.45) is 4.99 Å². The number of rotatable bonds is 2. The third kappa shape index (κ3) is 3.28. The molecule has 0 bridgehead atoms. The van der Waals surface area contributed by atoms with Gasteiger partial charge in [-0.1, -0.05) is 54.6 Å². The summed E-state index contributed by atoms with van der Waals surface area (Å²) in [4.78, 5) is 17.7. The maximum Gasteiger partial charge on any atom is 0.264 e. The number of amidine groups is 1. The Morgan fingerprint density at radius 1 is 1.00 bits per heavy atom.